The highest BCUT2D eigenvalue weighted by Crippen LogP contribution is 2.33. The number of carbonyl (C=O) groups excluding carboxylic acids is 2. The average Bonchev–Trinajstić information content (AvgIpc) is 4.00. The number of benzene rings is 4. The summed E-state index contributed by atoms with van der Waals surface area (Å²) < 4.78 is 7.66. The molecule has 0 fully saturated rings. The zero-order chi connectivity index (χ0) is 48.7. The van der Waals surface area contributed by atoms with Gasteiger partial charge in [-0.2, -0.15) is 30.4 Å². The number of hydrogen-bond acceptors (Lipinski definition) is 17. The van der Waals surface area contributed by atoms with Gasteiger partial charge in [0.25, 0.3) is 28.6 Å². The quantitative estimate of drug-likeness (QED) is 0.0602. The molecule has 0 bridgehead atoms. The molecule has 342 valence electrons. The Balaban J connectivity index is 1.09. The van der Waals surface area contributed by atoms with Gasteiger partial charge in [-0.05, 0) is 42.5 Å². The van der Waals surface area contributed by atoms with Crippen molar-refractivity contribution in [1.82, 2.24) is 49.5 Å². The lowest BCUT2D eigenvalue weighted by atomic mass is 10.1. The highest BCUT2D eigenvalue weighted by Gasteiger charge is 2.28. The van der Waals surface area contributed by atoms with Crippen molar-refractivity contribution in [2.75, 3.05) is 17.7 Å². The number of ether oxygens (including phenoxy) is 1. The Bertz CT molecular complexity index is 3530. The number of nitrogens with zero attached hydrogens (tertiary/aromatic N) is 14. The predicted octanol–water partition coefficient (Wildman–Crippen LogP) is 6.17. The maximum Gasteiger partial charge on any atom is 0.259 e. The van der Waals surface area contributed by atoms with E-state index in [0.29, 0.717) is 11.3 Å². The number of aliphatic hydroxyl groups excluding tert-OH is 1. The number of hydrogen-bond donors (Lipinski definition) is 5. The van der Waals surface area contributed by atoms with E-state index >= 15 is 0 Å². The lowest BCUT2D eigenvalue weighted by molar-refractivity contribution is -0.118. The van der Waals surface area contributed by atoms with Crippen molar-refractivity contribution < 1.29 is 19.4 Å². The number of fused-ring (bicyclic) bond motifs is 2. The van der Waals surface area contributed by atoms with E-state index < -0.39 is 41.6 Å². The summed E-state index contributed by atoms with van der Waals surface area (Å²) in [5.41, 5.74) is 0.210. The number of aromatic amines is 2. The van der Waals surface area contributed by atoms with Gasteiger partial charge in [0.05, 0.1) is 60.2 Å². The smallest absolute Gasteiger partial charge is 0.259 e. The van der Waals surface area contributed by atoms with Crippen molar-refractivity contribution in [1.29, 1.82) is 5.26 Å². The molecule has 0 aliphatic rings. The van der Waals surface area contributed by atoms with Crippen LogP contribution in [0.2, 0.25) is 0 Å². The SMILES string of the molecule is [C-]#[N+]c1cnn(-c2cc(-n3ncc(C#N)c3N=NC(C(=O)Nc3ccccc3OC)c3nc4ccccc4c(=O)[nH]3)ncn2)c1N=NC(C(=O)Nc1ccccc1CO)c1nc2ccccc2c(=O)[nH]1. The van der Waals surface area contributed by atoms with E-state index in [0.717, 1.165) is 15.7 Å². The number of aromatic nitrogens is 10. The number of anilines is 2. The third kappa shape index (κ3) is 8.93. The second-order valence-corrected chi connectivity index (χ2v) is 14.7. The number of H-pyrrole nitrogens is 2. The summed E-state index contributed by atoms with van der Waals surface area (Å²) in [6, 6.07) is 26.3. The molecule has 2 unspecified atom stereocenters. The molecular formula is C46H32N18O6. The fourth-order valence-corrected chi connectivity index (χ4v) is 7.01. The molecule has 70 heavy (non-hydrogen) atoms. The molecule has 5 heterocycles. The molecule has 0 aliphatic carbocycles. The standard InChI is InChI=1S/C46H32N18O6/c1-48-33-22-52-64(42(33)62-60-37(45(68)55-29-14-6-3-11-25(29)23-65)39-53-30-15-7-4-12-27(30)43(66)57-39)36-19-35(49-24-50-36)63-41(26(20-47)21-51-63)61-59-38(46(69)56-32-17-9-10-18-34(32)70-2)40-54-31-16-8-5-13-28(31)44(67)58-40/h3-19,21-22,24,37-38,65H,23H2,2H3,(H,55,68)(H,56,69)(H,53,57,66)(H,54,58,67). The molecule has 0 saturated heterocycles. The minimum Gasteiger partial charge on any atom is -0.495 e. The van der Waals surface area contributed by atoms with Gasteiger partial charge >= 0.3 is 0 Å². The van der Waals surface area contributed by atoms with Crippen LogP contribution in [-0.2, 0) is 16.2 Å². The number of methoxy groups -OCH3 is 1. The van der Waals surface area contributed by atoms with Crippen molar-refractivity contribution >= 4 is 62.3 Å². The number of nitriles is 1. The Morgan fingerprint density at radius 1 is 0.771 bits per heavy atom. The minimum absolute atomic E-state index is 0.00629. The van der Waals surface area contributed by atoms with E-state index in [9.17, 15) is 29.5 Å². The number of carbonyl (C=O) groups is 2. The van der Waals surface area contributed by atoms with E-state index in [1.807, 2.05) is 6.07 Å². The van der Waals surface area contributed by atoms with Crippen LogP contribution in [0.3, 0.4) is 0 Å². The van der Waals surface area contributed by atoms with Crippen molar-refractivity contribution in [3.8, 4) is 23.5 Å². The Morgan fingerprint density at radius 2 is 1.30 bits per heavy atom. The summed E-state index contributed by atoms with van der Waals surface area (Å²) >= 11 is 0. The van der Waals surface area contributed by atoms with E-state index in [-0.39, 0.29) is 79.4 Å². The number of nitrogens with one attached hydrogen (secondary N) is 4. The zero-order valence-corrected chi connectivity index (χ0v) is 36.2. The molecule has 5 aromatic heterocycles. The number of amides is 2. The number of aliphatic hydroxyl groups is 1. The van der Waals surface area contributed by atoms with Crippen LogP contribution in [0.4, 0.5) is 28.7 Å². The molecule has 5 N–H and O–H groups in total. The Kier molecular flexibility index (Phi) is 12.5. The van der Waals surface area contributed by atoms with Crippen LogP contribution >= 0.6 is 0 Å². The molecule has 24 nitrogen and oxygen atoms in total. The molecule has 24 heteroatoms. The summed E-state index contributed by atoms with van der Waals surface area (Å²) in [6.07, 6.45) is 3.51. The zero-order valence-electron chi connectivity index (χ0n) is 36.2. The van der Waals surface area contributed by atoms with Gasteiger partial charge < -0.3 is 30.4 Å². The summed E-state index contributed by atoms with van der Waals surface area (Å²) in [5, 5.41) is 51.9. The van der Waals surface area contributed by atoms with E-state index in [2.05, 4.69) is 76.0 Å². The fraction of sp³-hybridized carbons (Fsp3) is 0.0870. The summed E-state index contributed by atoms with van der Waals surface area (Å²) in [7, 11) is 1.43. The molecule has 9 rings (SSSR count). The first kappa shape index (κ1) is 44.7. The van der Waals surface area contributed by atoms with Gasteiger partial charge in [-0.25, -0.2) is 29.5 Å². The Hall–Kier alpha value is -10.5. The van der Waals surface area contributed by atoms with Crippen molar-refractivity contribution in [2.24, 2.45) is 20.5 Å². The molecule has 0 spiro atoms. The highest BCUT2D eigenvalue weighted by atomic mass is 16.5. The van der Waals surface area contributed by atoms with Crippen molar-refractivity contribution in [3.05, 3.63) is 177 Å². The average molecular weight is 933 g/mol. The van der Waals surface area contributed by atoms with Crippen LogP contribution in [0.15, 0.2) is 152 Å². The van der Waals surface area contributed by atoms with Crippen LogP contribution in [0, 0.1) is 17.9 Å². The van der Waals surface area contributed by atoms with Crippen molar-refractivity contribution in [2.45, 2.75) is 18.7 Å². The first-order valence-electron chi connectivity index (χ1n) is 20.7. The molecule has 2 amide bonds. The number of rotatable bonds is 14. The normalized spacial score (nSPS) is 12.2. The van der Waals surface area contributed by atoms with Gasteiger partial charge in [-0.15, -0.1) is 10.2 Å². The fourth-order valence-electron chi connectivity index (χ4n) is 7.01. The van der Waals surface area contributed by atoms with Crippen molar-refractivity contribution in [3.63, 3.8) is 0 Å². The molecular weight excluding hydrogens is 901 g/mol. The highest BCUT2D eigenvalue weighted by molar-refractivity contribution is 5.97. The van der Waals surface area contributed by atoms with E-state index in [1.54, 1.807) is 97.1 Å². The second-order valence-electron chi connectivity index (χ2n) is 14.7. The Labute approximate surface area is 392 Å². The Morgan fingerprint density at radius 3 is 1.90 bits per heavy atom. The van der Waals surface area contributed by atoms with Gasteiger partial charge in [-0.1, -0.05) is 54.6 Å². The molecule has 0 aliphatic heterocycles. The van der Waals surface area contributed by atoms with Crippen LogP contribution in [0.5, 0.6) is 5.75 Å². The summed E-state index contributed by atoms with van der Waals surface area (Å²) in [6.45, 7) is 7.50. The molecule has 9 aromatic rings. The summed E-state index contributed by atoms with van der Waals surface area (Å²) in [4.78, 5) is 80.9. The van der Waals surface area contributed by atoms with Gasteiger partial charge in [0.15, 0.2) is 23.3 Å². The van der Waals surface area contributed by atoms with Crippen LogP contribution < -0.4 is 26.5 Å². The van der Waals surface area contributed by atoms with Gasteiger partial charge in [0, 0.05) is 17.3 Å². The largest absolute Gasteiger partial charge is 0.495 e. The molecule has 0 radical (unpaired) electrons. The maximum atomic E-state index is 14.1. The summed E-state index contributed by atoms with van der Waals surface area (Å²) in [5.74, 6) is -1.97. The lowest BCUT2D eigenvalue weighted by Crippen LogP contribution is -2.24. The molecule has 2 atom stereocenters. The van der Waals surface area contributed by atoms with Gasteiger partial charge in [0.2, 0.25) is 12.1 Å². The monoisotopic (exact) mass is 932 g/mol. The molecule has 4 aromatic carbocycles. The van der Waals surface area contributed by atoms with Crippen LogP contribution in [0.25, 0.3) is 38.3 Å². The lowest BCUT2D eigenvalue weighted by Gasteiger charge is -2.14. The van der Waals surface area contributed by atoms with E-state index in [4.69, 9.17) is 11.3 Å². The van der Waals surface area contributed by atoms with Gasteiger partial charge in [0.1, 0.15) is 35.4 Å². The maximum absolute atomic E-state index is 14.1. The first-order chi connectivity index (χ1) is 34.2. The number of para-hydroxylation sites is 5. The second kappa shape index (κ2) is 19.6. The van der Waals surface area contributed by atoms with Crippen LogP contribution in [0.1, 0.15) is 34.9 Å². The predicted molar refractivity (Wildman–Crippen MR) is 249 cm³/mol. The number of azo groups is 2. The molecule has 0 saturated carbocycles. The minimum atomic E-state index is -1.61. The van der Waals surface area contributed by atoms with Gasteiger partial charge in [-0.3, -0.25) is 19.2 Å². The topological polar surface area (TPSA) is 318 Å². The third-order valence-electron chi connectivity index (χ3n) is 10.4. The third-order valence-corrected chi connectivity index (χ3v) is 10.4. The van der Waals surface area contributed by atoms with E-state index in [1.165, 1.54) is 25.6 Å². The first-order valence-corrected chi connectivity index (χ1v) is 20.7. The van der Waals surface area contributed by atoms with Crippen LogP contribution in [-0.4, -0.2) is 73.5 Å².